The van der Waals surface area contributed by atoms with Crippen LogP contribution in [-0.4, -0.2) is 19.9 Å². The highest BCUT2D eigenvalue weighted by Gasteiger charge is 2.43. The van der Waals surface area contributed by atoms with Gasteiger partial charge in [0.05, 0.1) is 29.4 Å². The van der Waals surface area contributed by atoms with E-state index >= 15 is 0 Å². The lowest BCUT2D eigenvalue weighted by molar-refractivity contribution is -0.672. The van der Waals surface area contributed by atoms with Crippen LogP contribution in [0.4, 0.5) is 8.78 Å². The highest BCUT2D eigenvalue weighted by Crippen LogP contribution is 2.41. The summed E-state index contributed by atoms with van der Waals surface area (Å²) in [6, 6.07) is 12.1. The third-order valence-electron chi connectivity index (χ3n) is 5.41. The van der Waals surface area contributed by atoms with Crippen molar-refractivity contribution in [3.8, 4) is 17.3 Å². The van der Waals surface area contributed by atoms with E-state index in [1.807, 2.05) is 5.38 Å². The van der Waals surface area contributed by atoms with E-state index in [0.29, 0.717) is 16.3 Å². The molecule has 0 saturated heterocycles. The van der Waals surface area contributed by atoms with Crippen LogP contribution in [0.3, 0.4) is 0 Å². The predicted octanol–water partition coefficient (Wildman–Crippen LogP) is 3.67. The molecule has 2 atom stereocenters. The van der Waals surface area contributed by atoms with Crippen molar-refractivity contribution in [3.63, 3.8) is 0 Å². The van der Waals surface area contributed by atoms with Crippen molar-refractivity contribution >= 4 is 11.3 Å². The molecule has 4 rings (SSSR count). The third-order valence-corrected chi connectivity index (χ3v) is 6.44. The molecule has 0 bridgehead atoms. The summed E-state index contributed by atoms with van der Waals surface area (Å²) >= 11 is 1.32. The molecule has 0 unspecified atom stereocenters. The topological polar surface area (TPSA) is 78.6 Å². The number of hydrogen-bond donors (Lipinski definition) is 1. The minimum absolute atomic E-state index is 0.0961. The molecule has 0 amide bonds. The van der Waals surface area contributed by atoms with Crippen molar-refractivity contribution < 1.29 is 18.5 Å². The second-order valence-corrected chi connectivity index (χ2v) is 8.53. The summed E-state index contributed by atoms with van der Waals surface area (Å²) < 4.78 is 32.0. The van der Waals surface area contributed by atoms with Crippen LogP contribution in [0.2, 0.25) is 0 Å². The maximum absolute atomic E-state index is 14.8. The number of aryl methyl sites for hydroxylation is 1. The third kappa shape index (κ3) is 4.15. The number of benzene rings is 2. The van der Waals surface area contributed by atoms with Gasteiger partial charge < -0.3 is 5.11 Å². The predicted molar refractivity (Wildman–Crippen MR) is 114 cm³/mol. The Kier molecular flexibility index (Phi) is 5.82. The maximum Gasteiger partial charge on any atom is 0.264 e. The molecule has 2 heterocycles. The lowest BCUT2D eigenvalue weighted by Gasteiger charge is -2.32. The molecule has 2 aromatic heterocycles. The van der Waals surface area contributed by atoms with Crippen molar-refractivity contribution in [2.45, 2.75) is 25.0 Å². The molecular weight excluding hydrogens is 432 g/mol. The van der Waals surface area contributed by atoms with Gasteiger partial charge in [-0.25, -0.2) is 18.3 Å². The molecule has 6 nitrogen and oxygen atoms in total. The normalized spacial score (nSPS) is 14.0. The van der Waals surface area contributed by atoms with E-state index in [9.17, 15) is 13.9 Å². The van der Waals surface area contributed by atoms with E-state index in [1.54, 1.807) is 55.5 Å². The SMILES string of the molecule is C[C@@H](c1nc(-c2ccc(C#N)cc2)cs1)[C@](O)(Cn1c[n+](C)cn1)c1cc(F)ccc1F. The van der Waals surface area contributed by atoms with Gasteiger partial charge in [0.1, 0.15) is 23.8 Å². The molecule has 162 valence electrons. The molecule has 0 saturated carbocycles. The first-order valence-corrected chi connectivity index (χ1v) is 10.7. The number of aliphatic hydroxyl groups is 1. The first-order chi connectivity index (χ1) is 15.3. The van der Waals surface area contributed by atoms with Gasteiger partial charge in [0.2, 0.25) is 6.33 Å². The lowest BCUT2D eigenvalue weighted by atomic mass is 9.82. The standard InChI is InChI=1S/C23H20F2N5OS/c1-15(22-28-21(11-32-22)17-5-3-16(10-26)4-6-17)23(31,12-30-14-29(2)13-27-30)19-9-18(24)7-8-20(19)25/h3-9,11,13-15,31H,12H2,1-2H3/q+1/t15-,23+/m0/s1. The summed E-state index contributed by atoms with van der Waals surface area (Å²) in [7, 11) is 1.78. The van der Waals surface area contributed by atoms with Gasteiger partial charge in [-0.1, -0.05) is 19.1 Å². The lowest BCUT2D eigenvalue weighted by Crippen LogP contribution is -2.38. The summed E-state index contributed by atoms with van der Waals surface area (Å²) in [6.07, 6.45) is 3.21. The molecule has 0 aliphatic rings. The Balaban J connectivity index is 1.75. The zero-order valence-corrected chi connectivity index (χ0v) is 18.2. The van der Waals surface area contributed by atoms with E-state index in [1.165, 1.54) is 16.0 Å². The number of aromatic nitrogens is 4. The molecule has 0 radical (unpaired) electrons. The van der Waals surface area contributed by atoms with Crippen LogP contribution >= 0.6 is 11.3 Å². The van der Waals surface area contributed by atoms with Gasteiger partial charge in [0.15, 0.2) is 0 Å². The molecule has 0 aliphatic heterocycles. The Bertz CT molecular complexity index is 1290. The second kappa shape index (κ2) is 8.57. The van der Waals surface area contributed by atoms with Crippen LogP contribution in [0.25, 0.3) is 11.3 Å². The molecule has 32 heavy (non-hydrogen) atoms. The number of nitrogens with zero attached hydrogens (tertiary/aromatic N) is 5. The number of halogens is 2. The molecule has 0 fully saturated rings. The second-order valence-electron chi connectivity index (χ2n) is 7.64. The average Bonchev–Trinajstić information content (AvgIpc) is 3.44. The summed E-state index contributed by atoms with van der Waals surface area (Å²) in [5.41, 5.74) is 0.0664. The molecule has 4 aromatic rings. The van der Waals surface area contributed by atoms with E-state index in [4.69, 9.17) is 5.26 Å². The molecule has 2 aromatic carbocycles. The van der Waals surface area contributed by atoms with Gasteiger partial charge in [0, 0.05) is 27.5 Å². The average molecular weight is 453 g/mol. The number of rotatable bonds is 6. The summed E-state index contributed by atoms with van der Waals surface area (Å²) in [5.74, 6) is -2.03. The minimum atomic E-state index is -1.81. The van der Waals surface area contributed by atoms with Crippen LogP contribution < -0.4 is 4.57 Å². The first kappa shape index (κ1) is 21.7. The Morgan fingerprint density at radius 2 is 2.00 bits per heavy atom. The Morgan fingerprint density at radius 3 is 2.66 bits per heavy atom. The van der Waals surface area contributed by atoms with Crippen molar-refractivity contribution in [3.05, 3.63) is 88.3 Å². The van der Waals surface area contributed by atoms with E-state index in [0.717, 1.165) is 23.8 Å². The van der Waals surface area contributed by atoms with E-state index in [-0.39, 0.29) is 12.1 Å². The Labute approximate surface area is 187 Å². The van der Waals surface area contributed by atoms with Crippen LogP contribution in [0.5, 0.6) is 0 Å². The number of nitriles is 1. The fourth-order valence-corrected chi connectivity index (χ4v) is 4.54. The van der Waals surface area contributed by atoms with Gasteiger partial charge in [-0.15, -0.1) is 16.0 Å². The van der Waals surface area contributed by atoms with Crippen LogP contribution in [-0.2, 0) is 19.2 Å². The Morgan fingerprint density at radius 1 is 1.25 bits per heavy atom. The Hall–Kier alpha value is -3.48. The van der Waals surface area contributed by atoms with Crippen molar-refractivity contribution in [1.82, 2.24) is 14.8 Å². The first-order valence-electron chi connectivity index (χ1n) is 9.81. The molecule has 1 N–H and O–H groups in total. The van der Waals surface area contributed by atoms with Gasteiger partial charge in [0.25, 0.3) is 6.33 Å². The fourth-order valence-electron chi connectivity index (χ4n) is 3.57. The molecule has 0 aliphatic carbocycles. The van der Waals surface area contributed by atoms with Gasteiger partial charge in [-0.3, -0.25) is 0 Å². The number of thiazole rings is 1. The summed E-state index contributed by atoms with van der Waals surface area (Å²) in [6.45, 7) is 1.64. The van der Waals surface area contributed by atoms with Gasteiger partial charge in [-0.05, 0) is 30.3 Å². The minimum Gasteiger partial charge on any atom is -0.381 e. The smallest absolute Gasteiger partial charge is 0.264 e. The molecule has 9 heteroatoms. The monoisotopic (exact) mass is 452 g/mol. The van der Waals surface area contributed by atoms with Gasteiger partial charge >= 0.3 is 0 Å². The van der Waals surface area contributed by atoms with Crippen LogP contribution in [0, 0.1) is 23.0 Å². The molecule has 0 spiro atoms. The quantitative estimate of drug-likeness (QED) is 0.453. The highest BCUT2D eigenvalue weighted by atomic mass is 32.1. The fraction of sp³-hybridized carbons (Fsp3) is 0.217. The largest absolute Gasteiger partial charge is 0.381 e. The maximum atomic E-state index is 14.8. The number of hydrogen-bond acceptors (Lipinski definition) is 5. The summed E-state index contributed by atoms with van der Waals surface area (Å²) in [5, 5.41) is 27.3. The van der Waals surface area contributed by atoms with E-state index in [2.05, 4.69) is 16.2 Å². The van der Waals surface area contributed by atoms with Crippen molar-refractivity contribution in [2.24, 2.45) is 7.05 Å². The van der Waals surface area contributed by atoms with Crippen LogP contribution in [0.15, 0.2) is 60.5 Å². The van der Waals surface area contributed by atoms with Crippen molar-refractivity contribution in [2.75, 3.05) is 0 Å². The summed E-state index contributed by atoms with van der Waals surface area (Å²) in [4.78, 5) is 4.65. The highest BCUT2D eigenvalue weighted by molar-refractivity contribution is 7.10. The zero-order valence-electron chi connectivity index (χ0n) is 17.4. The van der Waals surface area contributed by atoms with Gasteiger partial charge in [-0.2, -0.15) is 5.26 Å². The van der Waals surface area contributed by atoms with Crippen molar-refractivity contribution in [1.29, 1.82) is 5.26 Å². The zero-order chi connectivity index (χ0) is 22.9. The molecular formula is C23H20F2N5OS+. The van der Waals surface area contributed by atoms with E-state index < -0.39 is 23.2 Å². The van der Waals surface area contributed by atoms with Crippen LogP contribution in [0.1, 0.15) is 29.0 Å².